The maximum Gasteiger partial charge on any atom is 0.287 e. The smallest absolute Gasteiger partial charge is 0.287 e. The Morgan fingerprint density at radius 2 is 2.18 bits per heavy atom. The standard InChI is InChI=1S/C6H13NO3S/c1-2-3-6(7)4-5-11(8,9)10/h4-6H,2-3,7H2,1H3,(H,8,9,10)/b5-4+/t6-/m1/s1. The fraction of sp³-hybridized carbons (Fsp3) is 0.667. The summed E-state index contributed by atoms with van der Waals surface area (Å²) in [5.74, 6) is 0. The zero-order valence-corrected chi connectivity index (χ0v) is 7.21. The van der Waals surface area contributed by atoms with Crippen molar-refractivity contribution in [2.24, 2.45) is 5.73 Å². The highest BCUT2D eigenvalue weighted by Crippen LogP contribution is 1.96. The molecule has 0 aromatic rings. The lowest BCUT2D eigenvalue weighted by molar-refractivity contribution is 0.494. The highest BCUT2D eigenvalue weighted by molar-refractivity contribution is 7.88. The molecule has 0 spiro atoms. The summed E-state index contributed by atoms with van der Waals surface area (Å²) in [5, 5.41) is 0.716. The summed E-state index contributed by atoms with van der Waals surface area (Å²) in [5.41, 5.74) is 5.43. The second-order valence-corrected chi connectivity index (χ2v) is 3.60. The minimum atomic E-state index is -4.00. The Balaban J connectivity index is 3.93. The SMILES string of the molecule is CCC[C@@H](N)/C=C/S(=O)(=O)O. The first-order valence-corrected chi connectivity index (χ1v) is 4.87. The predicted molar refractivity (Wildman–Crippen MR) is 43.6 cm³/mol. The molecule has 0 radical (unpaired) electrons. The first kappa shape index (κ1) is 10.6. The van der Waals surface area contributed by atoms with Crippen LogP contribution in [0.15, 0.2) is 11.5 Å². The third kappa shape index (κ3) is 7.51. The fourth-order valence-corrected chi connectivity index (χ4v) is 1.03. The zero-order chi connectivity index (χ0) is 8.91. The van der Waals surface area contributed by atoms with Gasteiger partial charge in [0.2, 0.25) is 0 Å². The van der Waals surface area contributed by atoms with Gasteiger partial charge in [-0.25, -0.2) is 0 Å². The summed E-state index contributed by atoms with van der Waals surface area (Å²) >= 11 is 0. The van der Waals surface area contributed by atoms with E-state index < -0.39 is 10.1 Å². The average molecular weight is 179 g/mol. The molecule has 1 atom stereocenters. The molecule has 0 aromatic heterocycles. The minimum Gasteiger partial charge on any atom is -0.324 e. The van der Waals surface area contributed by atoms with Crippen molar-refractivity contribution < 1.29 is 13.0 Å². The molecule has 0 aliphatic heterocycles. The van der Waals surface area contributed by atoms with E-state index >= 15 is 0 Å². The molecule has 0 rings (SSSR count). The van der Waals surface area contributed by atoms with Crippen molar-refractivity contribution in [1.29, 1.82) is 0 Å². The number of hydrogen-bond donors (Lipinski definition) is 2. The van der Waals surface area contributed by atoms with E-state index in [9.17, 15) is 8.42 Å². The molecule has 0 heterocycles. The molecule has 66 valence electrons. The Morgan fingerprint density at radius 1 is 1.64 bits per heavy atom. The largest absolute Gasteiger partial charge is 0.324 e. The van der Waals surface area contributed by atoms with Crippen molar-refractivity contribution in [1.82, 2.24) is 0 Å². The van der Waals surface area contributed by atoms with Crippen LogP contribution in [0.3, 0.4) is 0 Å². The van der Waals surface area contributed by atoms with Crippen LogP contribution in [0, 0.1) is 0 Å². The molecule has 0 aliphatic rings. The van der Waals surface area contributed by atoms with Crippen molar-refractivity contribution in [2.75, 3.05) is 0 Å². The van der Waals surface area contributed by atoms with Crippen LogP contribution in [0.2, 0.25) is 0 Å². The van der Waals surface area contributed by atoms with Crippen LogP contribution in [-0.4, -0.2) is 19.0 Å². The van der Waals surface area contributed by atoms with Gasteiger partial charge in [0.1, 0.15) is 0 Å². The van der Waals surface area contributed by atoms with Gasteiger partial charge in [0.05, 0.1) is 5.41 Å². The molecule has 0 aromatic carbocycles. The molecule has 4 nitrogen and oxygen atoms in total. The maximum absolute atomic E-state index is 10.2. The summed E-state index contributed by atoms with van der Waals surface area (Å²) in [6, 6.07) is -0.290. The van der Waals surface area contributed by atoms with Gasteiger partial charge < -0.3 is 5.73 Å². The molecular weight excluding hydrogens is 166 g/mol. The van der Waals surface area contributed by atoms with E-state index in [4.69, 9.17) is 10.3 Å². The van der Waals surface area contributed by atoms with Gasteiger partial charge in [-0.1, -0.05) is 19.4 Å². The molecule has 0 saturated carbocycles. The Bertz CT molecular complexity index is 220. The summed E-state index contributed by atoms with van der Waals surface area (Å²) in [6.07, 6.45) is 2.88. The van der Waals surface area contributed by atoms with Crippen molar-refractivity contribution in [3.8, 4) is 0 Å². The summed E-state index contributed by atoms with van der Waals surface area (Å²) in [4.78, 5) is 0. The molecule has 5 heteroatoms. The Labute approximate surface area is 66.8 Å². The van der Waals surface area contributed by atoms with Crippen LogP contribution < -0.4 is 5.73 Å². The number of hydrogen-bond acceptors (Lipinski definition) is 3. The van der Waals surface area contributed by atoms with E-state index in [0.717, 1.165) is 6.42 Å². The highest BCUT2D eigenvalue weighted by Gasteiger charge is 1.98. The van der Waals surface area contributed by atoms with E-state index in [1.165, 1.54) is 6.08 Å². The van der Waals surface area contributed by atoms with Gasteiger partial charge in [0.25, 0.3) is 10.1 Å². The fourth-order valence-electron chi connectivity index (χ4n) is 0.630. The van der Waals surface area contributed by atoms with Crippen LogP contribution >= 0.6 is 0 Å². The van der Waals surface area contributed by atoms with Crippen molar-refractivity contribution >= 4 is 10.1 Å². The molecule has 0 fully saturated rings. The van der Waals surface area contributed by atoms with Crippen LogP contribution in [0.25, 0.3) is 0 Å². The predicted octanol–water partition coefficient (Wildman–Crippen LogP) is 0.515. The van der Waals surface area contributed by atoms with E-state index in [-0.39, 0.29) is 6.04 Å². The zero-order valence-electron chi connectivity index (χ0n) is 6.40. The molecule has 3 N–H and O–H groups in total. The van der Waals surface area contributed by atoms with Gasteiger partial charge in [-0.05, 0) is 6.42 Å². The van der Waals surface area contributed by atoms with Crippen LogP contribution in [0.1, 0.15) is 19.8 Å². The minimum absolute atomic E-state index is 0.290. The van der Waals surface area contributed by atoms with Gasteiger partial charge >= 0.3 is 0 Å². The summed E-state index contributed by atoms with van der Waals surface area (Å²) in [6.45, 7) is 1.95. The lowest BCUT2D eigenvalue weighted by atomic mass is 10.2. The van der Waals surface area contributed by atoms with Crippen molar-refractivity contribution in [3.05, 3.63) is 11.5 Å². The maximum atomic E-state index is 10.2. The first-order valence-electron chi connectivity index (χ1n) is 3.37. The molecule has 0 unspecified atom stereocenters. The molecule has 0 amide bonds. The summed E-state index contributed by atoms with van der Waals surface area (Å²) in [7, 11) is -4.00. The Morgan fingerprint density at radius 3 is 2.55 bits per heavy atom. The van der Waals surface area contributed by atoms with Crippen LogP contribution in [0.5, 0.6) is 0 Å². The lowest BCUT2D eigenvalue weighted by Gasteiger charge is -2.01. The third-order valence-corrected chi connectivity index (χ3v) is 1.62. The van der Waals surface area contributed by atoms with E-state index in [1.807, 2.05) is 6.92 Å². The Kier molecular flexibility index (Phi) is 4.32. The average Bonchev–Trinajstić information content (AvgIpc) is 1.83. The van der Waals surface area contributed by atoms with Gasteiger partial charge in [0.15, 0.2) is 0 Å². The molecular formula is C6H13NO3S. The molecule has 11 heavy (non-hydrogen) atoms. The summed E-state index contributed by atoms with van der Waals surface area (Å²) < 4.78 is 28.6. The molecule has 0 bridgehead atoms. The van der Waals surface area contributed by atoms with Crippen LogP contribution in [0.4, 0.5) is 0 Å². The third-order valence-electron chi connectivity index (χ3n) is 1.12. The normalized spacial score (nSPS) is 15.5. The molecule has 0 aliphatic carbocycles. The Hall–Kier alpha value is -0.390. The van der Waals surface area contributed by atoms with Crippen molar-refractivity contribution in [3.63, 3.8) is 0 Å². The van der Waals surface area contributed by atoms with E-state index in [1.54, 1.807) is 0 Å². The van der Waals surface area contributed by atoms with Gasteiger partial charge in [-0.2, -0.15) is 8.42 Å². The highest BCUT2D eigenvalue weighted by atomic mass is 32.2. The second-order valence-electron chi connectivity index (χ2n) is 2.30. The number of nitrogens with two attached hydrogens (primary N) is 1. The second kappa shape index (κ2) is 4.48. The van der Waals surface area contributed by atoms with Gasteiger partial charge in [-0.3, -0.25) is 4.55 Å². The topological polar surface area (TPSA) is 80.4 Å². The van der Waals surface area contributed by atoms with E-state index in [0.29, 0.717) is 11.8 Å². The lowest BCUT2D eigenvalue weighted by Crippen LogP contribution is -2.16. The molecule has 0 saturated heterocycles. The quantitative estimate of drug-likeness (QED) is 0.616. The van der Waals surface area contributed by atoms with Crippen LogP contribution in [-0.2, 0) is 10.1 Å². The van der Waals surface area contributed by atoms with Gasteiger partial charge in [0, 0.05) is 6.04 Å². The van der Waals surface area contributed by atoms with E-state index in [2.05, 4.69) is 0 Å². The first-order chi connectivity index (χ1) is 4.95. The monoisotopic (exact) mass is 179 g/mol. The van der Waals surface area contributed by atoms with Crippen molar-refractivity contribution in [2.45, 2.75) is 25.8 Å². The number of rotatable bonds is 4. The van der Waals surface area contributed by atoms with Gasteiger partial charge in [-0.15, -0.1) is 0 Å².